The molecule has 0 saturated heterocycles. The maximum Gasteiger partial charge on any atom is 0.211 e. The summed E-state index contributed by atoms with van der Waals surface area (Å²) in [5, 5.41) is 11.0. The Hall–Kier alpha value is -1.24. The smallest absolute Gasteiger partial charge is 0.211 e. The van der Waals surface area contributed by atoms with E-state index in [2.05, 4.69) is 22.6 Å². The molecule has 0 aliphatic heterocycles. The summed E-state index contributed by atoms with van der Waals surface area (Å²) in [5.41, 5.74) is 1.01. The Labute approximate surface area is 137 Å². The van der Waals surface area contributed by atoms with Gasteiger partial charge in [-0.3, -0.25) is 14.9 Å². The fourth-order valence-corrected chi connectivity index (χ4v) is 3.81. The van der Waals surface area contributed by atoms with Gasteiger partial charge in [0.25, 0.3) is 0 Å². The van der Waals surface area contributed by atoms with E-state index in [9.17, 15) is 14.9 Å². The van der Waals surface area contributed by atoms with Crippen LogP contribution in [0.25, 0.3) is 6.08 Å². The van der Waals surface area contributed by atoms with Gasteiger partial charge in [0.1, 0.15) is 5.78 Å². The molecule has 1 aromatic rings. The summed E-state index contributed by atoms with van der Waals surface area (Å²) < 4.78 is 0.899. The zero-order chi connectivity index (χ0) is 15.2. The lowest BCUT2D eigenvalue weighted by molar-refractivity contribution is -0.487. The minimum absolute atomic E-state index is 0.169. The number of nitrogens with zero attached hydrogens (tertiary/aromatic N) is 1. The number of rotatable bonds is 5. The predicted molar refractivity (Wildman–Crippen MR) is 90.8 cm³/mol. The first-order chi connectivity index (χ1) is 10.1. The van der Waals surface area contributed by atoms with Crippen LogP contribution in [-0.2, 0) is 4.79 Å². The summed E-state index contributed by atoms with van der Waals surface area (Å²) in [7, 11) is 0. The lowest BCUT2D eigenvalue weighted by Crippen LogP contribution is -2.31. The SMILES string of the molecule is O=C1CCCC[C@H]1[C@@H](C[N+](=O)[O-])/C(I)=C/c1ccccc1. The van der Waals surface area contributed by atoms with Gasteiger partial charge in [-0.05, 0) is 47.1 Å². The van der Waals surface area contributed by atoms with Crippen LogP contribution in [0.15, 0.2) is 33.9 Å². The summed E-state index contributed by atoms with van der Waals surface area (Å²) in [6, 6.07) is 9.73. The third-order valence-corrected chi connectivity index (χ3v) is 5.00. The van der Waals surface area contributed by atoms with E-state index in [1.165, 1.54) is 0 Å². The Morgan fingerprint density at radius 2 is 2.10 bits per heavy atom. The summed E-state index contributed by atoms with van der Waals surface area (Å²) in [4.78, 5) is 22.8. The molecule has 0 unspecified atom stereocenters. The van der Waals surface area contributed by atoms with Crippen LogP contribution in [-0.4, -0.2) is 17.3 Å². The minimum Gasteiger partial charge on any atom is -0.299 e. The van der Waals surface area contributed by atoms with Crippen LogP contribution in [0.1, 0.15) is 31.2 Å². The molecule has 0 bridgehead atoms. The first-order valence-corrected chi connectivity index (χ1v) is 8.22. The Bertz CT molecular complexity index is 542. The fraction of sp³-hybridized carbons (Fsp3) is 0.438. The number of ketones is 1. The lowest BCUT2D eigenvalue weighted by Gasteiger charge is -2.26. The topological polar surface area (TPSA) is 60.2 Å². The number of halogens is 1. The summed E-state index contributed by atoms with van der Waals surface area (Å²) >= 11 is 2.16. The molecule has 1 aliphatic carbocycles. The molecule has 1 saturated carbocycles. The molecule has 112 valence electrons. The monoisotopic (exact) mass is 399 g/mol. The highest BCUT2D eigenvalue weighted by atomic mass is 127. The maximum absolute atomic E-state index is 12.1. The summed E-state index contributed by atoms with van der Waals surface area (Å²) in [5.74, 6) is -0.312. The largest absolute Gasteiger partial charge is 0.299 e. The molecule has 0 amide bonds. The van der Waals surface area contributed by atoms with Crippen LogP contribution in [0.4, 0.5) is 0 Å². The van der Waals surface area contributed by atoms with E-state index in [0.29, 0.717) is 6.42 Å². The lowest BCUT2D eigenvalue weighted by atomic mass is 9.78. The van der Waals surface area contributed by atoms with Crippen molar-refractivity contribution in [3.05, 3.63) is 49.6 Å². The average molecular weight is 399 g/mol. The van der Waals surface area contributed by atoms with Crippen LogP contribution < -0.4 is 0 Å². The van der Waals surface area contributed by atoms with Crippen molar-refractivity contribution in [1.82, 2.24) is 0 Å². The van der Waals surface area contributed by atoms with Gasteiger partial charge in [0, 0.05) is 20.8 Å². The van der Waals surface area contributed by atoms with Gasteiger partial charge in [-0.1, -0.05) is 36.8 Å². The molecule has 0 aromatic heterocycles. The van der Waals surface area contributed by atoms with Crippen LogP contribution in [0.5, 0.6) is 0 Å². The molecule has 1 fully saturated rings. The quantitative estimate of drug-likeness (QED) is 0.425. The molecular weight excluding hydrogens is 381 g/mol. The molecule has 0 heterocycles. The standard InChI is InChI=1S/C16H18INO3/c17-15(10-12-6-2-1-3-7-12)14(11-18(20)21)13-8-4-5-9-16(13)19/h1-3,6-7,10,13-14H,4-5,8-9,11H2/b15-10-/t13-,14+/m0/s1. The Kier molecular flexibility index (Phi) is 5.90. The van der Waals surface area contributed by atoms with Crippen LogP contribution in [0.2, 0.25) is 0 Å². The number of Topliss-reactive ketones (excluding diaryl/α,β-unsaturated/α-hetero) is 1. The van der Waals surface area contributed by atoms with Gasteiger partial charge in [-0.2, -0.15) is 0 Å². The van der Waals surface area contributed by atoms with Crippen molar-refractivity contribution in [3.8, 4) is 0 Å². The second kappa shape index (κ2) is 7.68. The van der Waals surface area contributed by atoms with Crippen LogP contribution >= 0.6 is 22.6 Å². The summed E-state index contributed by atoms with van der Waals surface area (Å²) in [6.45, 7) is -0.169. The summed E-state index contributed by atoms with van der Waals surface area (Å²) in [6.07, 6.45) is 5.19. The van der Waals surface area contributed by atoms with Crippen LogP contribution in [0.3, 0.4) is 0 Å². The van der Waals surface area contributed by atoms with Crippen molar-refractivity contribution < 1.29 is 9.72 Å². The Balaban J connectivity index is 2.24. The normalized spacial score (nSPS) is 21.1. The second-order valence-electron chi connectivity index (χ2n) is 5.38. The molecule has 5 heteroatoms. The third kappa shape index (κ3) is 4.62. The van der Waals surface area contributed by atoms with E-state index in [-0.39, 0.29) is 29.1 Å². The number of nitro groups is 1. The molecule has 0 radical (unpaired) electrons. The van der Waals surface area contributed by atoms with Crippen molar-refractivity contribution in [3.63, 3.8) is 0 Å². The maximum atomic E-state index is 12.1. The first-order valence-electron chi connectivity index (χ1n) is 7.14. The van der Waals surface area contributed by atoms with E-state index in [1.54, 1.807) is 0 Å². The molecule has 0 spiro atoms. The third-order valence-electron chi connectivity index (χ3n) is 3.89. The van der Waals surface area contributed by atoms with Crippen molar-refractivity contribution in [2.45, 2.75) is 25.7 Å². The van der Waals surface area contributed by atoms with Crippen LogP contribution in [0, 0.1) is 22.0 Å². The van der Waals surface area contributed by atoms with Gasteiger partial charge in [0.05, 0.1) is 5.92 Å². The molecule has 0 N–H and O–H groups in total. The number of hydrogen-bond acceptors (Lipinski definition) is 3. The molecule has 21 heavy (non-hydrogen) atoms. The zero-order valence-corrected chi connectivity index (χ0v) is 13.9. The van der Waals surface area contributed by atoms with Crippen molar-refractivity contribution in [2.75, 3.05) is 6.54 Å². The second-order valence-corrected chi connectivity index (χ2v) is 6.63. The number of carbonyl (C=O) groups excluding carboxylic acids is 1. The molecule has 4 nitrogen and oxygen atoms in total. The van der Waals surface area contributed by atoms with E-state index < -0.39 is 0 Å². The Morgan fingerprint density at radius 1 is 1.38 bits per heavy atom. The van der Waals surface area contributed by atoms with Gasteiger partial charge >= 0.3 is 0 Å². The predicted octanol–water partition coefficient (Wildman–Crippen LogP) is 4.11. The number of hydrogen-bond donors (Lipinski definition) is 0. The first kappa shape index (κ1) is 16.1. The highest BCUT2D eigenvalue weighted by Crippen LogP contribution is 2.35. The molecule has 2 atom stereocenters. The van der Waals surface area contributed by atoms with E-state index in [1.807, 2.05) is 36.4 Å². The van der Waals surface area contributed by atoms with Gasteiger partial charge in [0.2, 0.25) is 6.54 Å². The number of carbonyl (C=O) groups is 1. The fourth-order valence-electron chi connectivity index (χ4n) is 2.82. The average Bonchev–Trinajstić information content (AvgIpc) is 2.46. The van der Waals surface area contributed by atoms with Crippen molar-refractivity contribution in [1.29, 1.82) is 0 Å². The van der Waals surface area contributed by atoms with Crippen molar-refractivity contribution in [2.24, 2.45) is 11.8 Å². The minimum atomic E-state index is -0.302. The van der Waals surface area contributed by atoms with Gasteiger partial charge < -0.3 is 0 Å². The van der Waals surface area contributed by atoms with Gasteiger partial charge in [0.15, 0.2) is 0 Å². The van der Waals surface area contributed by atoms with Crippen molar-refractivity contribution >= 4 is 34.5 Å². The highest BCUT2D eigenvalue weighted by Gasteiger charge is 2.35. The Morgan fingerprint density at radius 3 is 2.71 bits per heavy atom. The van der Waals surface area contributed by atoms with E-state index in [4.69, 9.17) is 0 Å². The number of benzene rings is 1. The van der Waals surface area contributed by atoms with E-state index in [0.717, 1.165) is 28.4 Å². The zero-order valence-electron chi connectivity index (χ0n) is 11.7. The highest BCUT2D eigenvalue weighted by molar-refractivity contribution is 14.1. The van der Waals surface area contributed by atoms with Gasteiger partial charge in [-0.15, -0.1) is 0 Å². The molecule has 1 aliphatic rings. The van der Waals surface area contributed by atoms with E-state index >= 15 is 0 Å². The van der Waals surface area contributed by atoms with Gasteiger partial charge in [-0.25, -0.2) is 0 Å². The molecule has 2 rings (SSSR count). The molecular formula is C16H18INO3. The molecule has 1 aromatic carbocycles.